The van der Waals surface area contributed by atoms with Gasteiger partial charge in [0.05, 0.1) is 0 Å². The van der Waals surface area contributed by atoms with Gasteiger partial charge < -0.3 is 9.84 Å². The summed E-state index contributed by atoms with van der Waals surface area (Å²) in [5.41, 5.74) is 5.36. The molecule has 29 heavy (non-hydrogen) atoms. The molecule has 0 aliphatic heterocycles. The highest BCUT2D eigenvalue weighted by atomic mass is 16.5. The number of allylic oxidation sites excluding steroid dienone is 9. The van der Waals surface area contributed by atoms with E-state index in [0.29, 0.717) is 0 Å². The fourth-order valence-corrected chi connectivity index (χ4v) is 3.31. The van der Waals surface area contributed by atoms with Gasteiger partial charge in [-0.25, -0.2) is 9.59 Å². The van der Waals surface area contributed by atoms with E-state index in [1.54, 1.807) is 6.08 Å². The second-order valence-corrected chi connectivity index (χ2v) is 8.25. The predicted molar refractivity (Wildman–Crippen MR) is 118 cm³/mol. The van der Waals surface area contributed by atoms with Crippen LogP contribution in [-0.2, 0) is 14.3 Å². The predicted octanol–water partition coefficient (Wildman–Crippen LogP) is 6.09. The third-order valence-electron chi connectivity index (χ3n) is 5.06. The van der Waals surface area contributed by atoms with Gasteiger partial charge in [-0.1, -0.05) is 60.9 Å². The number of esters is 1. The van der Waals surface area contributed by atoms with Crippen molar-refractivity contribution in [3.8, 4) is 0 Å². The lowest BCUT2D eigenvalue weighted by Crippen LogP contribution is -2.19. The highest BCUT2D eigenvalue weighted by Crippen LogP contribution is 2.40. The van der Waals surface area contributed by atoms with Crippen LogP contribution in [0.4, 0.5) is 0 Å². The Bertz CT molecular complexity index is 799. The third-order valence-corrected chi connectivity index (χ3v) is 5.06. The minimum absolute atomic E-state index is 0.0657. The number of hydrogen-bond acceptors (Lipinski definition) is 3. The van der Waals surface area contributed by atoms with Crippen molar-refractivity contribution in [3.05, 3.63) is 70.4 Å². The minimum atomic E-state index is -1.16. The van der Waals surface area contributed by atoms with Crippen molar-refractivity contribution < 1.29 is 19.4 Å². The molecule has 0 radical (unpaired) electrons. The van der Waals surface area contributed by atoms with Crippen LogP contribution in [0.25, 0.3) is 0 Å². The summed E-state index contributed by atoms with van der Waals surface area (Å²) in [7, 11) is 0. The van der Waals surface area contributed by atoms with Crippen molar-refractivity contribution in [1.82, 2.24) is 0 Å². The molecule has 0 fully saturated rings. The van der Waals surface area contributed by atoms with Crippen LogP contribution in [0.5, 0.6) is 0 Å². The van der Waals surface area contributed by atoms with Gasteiger partial charge in [-0.05, 0) is 64.0 Å². The Morgan fingerprint density at radius 2 is 1.83 bits per heavy atom. The van der Waals surface area contributed by atoms with E-state index in [1.165, 1.54) is 37.3 Å². The summed E-state index contributed by atoms with van der Waals surface area (Å²) < 4.78 is 5.03. The first-order valence-corrected chi connectivity index (χ1v) is 10.0. The summed E-state index contributed by atoms with van der Waals surface area (Å²) in [5.74, 6) is -1.79. The molecule has 0 saturated carbocycles. The lowest BCUT2D eigenvalue weighted by atomic mass is 9.72. The summed E-state index contributed by atoms with van der Waals surface area (Å²) in [4.78, 5) is 22.1. The van der Waals surface area contributed by atoms with E-state index >= 15 is 0 Å². The second-order valence-electron chi connectivity index (χ2n) is 8.25. The summed E-state index contributed by atoms with van der Waals surface area (Å²) in [6, 6.07) is 0. The lowest BCUT2D eigenvalue weighted by Gasteiger charge is -2.32. The molecule has 1 rings (SSSR count). The van der Waals surface area contributed by atoms with E-state index in [9.17, 15) is 9.59 Å². The van der Waals surface area contributed by atoms with Gasteiger partial charge in [-0.2, -0.15) is 0 Å². The number of carbonyl (C=O) groups is 2. The van der Waals surface area contributed by atoms with Crippen molar-refractivity contribution in [3.63, 3.8) is 0 Å². The molecule has 0 saturated heterocycles. The fraction of sp³-hybridized carbons (Fsp3) is 0.440. The second kappa shape index (κ2) is 11.4. The van der Waals surface area contributed by atoms with Gasteiger partial charge in [0.1, 0.15) is 6.61 Å². The van der Waals surface area contributed by atoms with E-state index < -0.39 is 11.9 Å². The molecule has 4 nitrogen and oxygen atoms in total. The first-order chi connectivity index (χ1) is 13.5. The zero-order valence-electron chi connectivity index (χ0n) is 18.5. The molecule has 158 valence electrons. The first kappa shape index (κ1) is 24.4. The molecule has 0 aromatic heterocycles. The van der Waals surface area contributed by atoms with E-state index in [0.717, 1.165) is 17.2 Å². The molecule has 1 aliphatic rings. The van der Waals surface area contributed by atoms with Crippen molar-refractivity contribution in [2.24, 2.45) is 5.41 Å². The Morgan fingerprint density at radius 1 is 1.14 bits per heavy atom. The van der Waals surface area contributed by atoms with Gasteiger partial charge in [-0.3, -0.25) is 0 Å². The topological polar surface area (TPSA) is 63.6 Å². The molecule has 0 unspecified atom stereocenters. The van der Waals surface area contributed by atoms with Crippen LogP contribution in [0.3, 0.4) is 0 Å². The average molecular weight is 399 g/mol. The smallest absolute Gasteiger partial charge is 0.334 e. The van der Waals surface area contributed by atoms with Gasteiger partial charge in [0.2, 0.25) is 0 Å². The normalized spacial score (nSPS) is 18.6. The van der Waals surface area contributed by atoms with Crippen molar-refractivity contribution in [1.29, 1.82) is 0 Å². The number of rotatable bonds is 8. The third kappa shape index (κ3) is 8.95. The average Bonchev–Trinajstić information content (AvgIpc) is 2.60. The molecule has 4 heteroatoms. The molecule has 0 aromatic carbocycles. The number of hydrogen-bond donors (Lipinski definition) is 1. The molecular formula is C25H34O4. The molecule has 0 aromatic rings. The minimum Gasteiger partial charge on any atom is -0.478 e. The SMILES string of the molecule is CC(C=CC1=C(C)CCCC1(C)C)=CC=CC(C)=CCOC(=O)C(C)=CC(=O)O. The monoisotopic (exact) mass is 398 g/mol. The molecule has 0 bridgehead atoms. The number of aliphatic carboxylic acids is 1. The molecule has 0 spiro atoms. The molecular weight excluding hydrogens is 364 g/mol. The maximum Gasteiger partial charge on any atom is 0.334 e. The first-order valence-electron chi connectivity index (χ1n) is 10.0. The van der Waals surface area contributed by atoms with Gasteiger partial charge in [-0.15, -0.1) is 0 Å². The maximum absolute atomic E-state index is 11.6. The van der Waals surface area contributed by atoms with Crippen LogP contribution in [0, 0.1) is 5.41 Å². The molecule has 0 heterocycles. The molecule has 0 amide bonds. The maximum atomic E-state index is 11.6. The molecule has 0 atom stereocenters. The Hall–Kier alpha value is -2.62. The van der Waals surface area contributed by atoms with Crippen LogP contribution in [0.1, 0.15) is 60.8 Å². The number of ether oxygens (including phenoxy) is 1. The van der Waals surface area contributed by atoms with Crippen LogP contribution in [-0.4, -0.2) is 23.7 Å². The van der Waals surface area contributed by atoms with Gasteiger partial charge in [0.25, 0.3) is 0 Å². The van der Waals surface area contributed by atoms with E-state index in [1.807, 2.05) is 25.2 Å². The van der Waals surface area contributed by atoms with E-state index in [2.05, 4.69) is 39.8 Å². The van der Waals surface area contributed by atoms with Crippen LogP contribution < -0.4 is 0 Å². The lowest BCUT2D eigenvalue weighted by molar-refractivity contribution is -0.138. The molecule has 1 N–H and O–H groups in total. The number of carboxylic acid groups (broad SMARTS) is 1. The summed E-state index contributed by atoms with van der Waals surface area (Å²) in [5, 5.41) is 8.62. The Balaban J connectivity index is 2.62. The highest BCUT2D eigenvalue weighted by molar-refractivity contribution is 5.95. The number of carbonyl (C=O) groups excluding carboxylic acids is 1. The summed E-state index contributed by atoms with van der Waals surface area (Å²) in [6.07, 6.45) is 16.7. The van der Waals surface area contributed by atoms with Crippen LogP contribution >= 0.6 is 0 Å². The van der Waals surface area contributed by atoms with Crippen LogP contribution in [0.15, 0.2) is 70.4 Å². The zero-order valence-corrected chi connectivity index (χ0v) is 18.5. The van der Waals surface area contributed by atoms with Crippen molar-refractivity contribution >= 4 is 11.9 Å². The van der Waals surface area contributed by atoms with Crippen molar-refractivity contribution in [2.75, 3.05) is 6.61 Å². The standard InChI is InChI=1S/C25H34O4/c1-18(12-13-22-20(3)11-8-15-25(22,5)6)9-7-10-19(2)14-16-29-24(28)21(4)17-23(26)27/h7,9-10,12-14,17H,8,11,15-16H2,1-6H3,(H,26,27). The number of carboxylic acids is 1. The quantitative estimate of drug-likeness (QED) is 0.305. The van der Waals surface area contributed by atoms with Gasteiger partial charge in [0, 0.05) is 11.6 Å². The summed E-state index contributed by atoms with van der Waals surface area (Å²) >= 11 is 0. The summed E-state index contributed by atoms with van der Waals surface area (Å²) in [6.45, 7) is 12.4. The Kier molecular flexibility index (Phi) is 9.60. The molecule has 1 aliphatic carbocycles. The largest absolute Gasteiger partial charge is 0.478 e. The Labute approximate surface area is 175 Å². The fourth-order valence-electron chi connectivity index (χ4n) is 3.31. The van der Waals surface area contributed by atoms with Crippen molar-refractivity contribution in [2.45, 2.75) is 60.8 Å². The van der Waals surface area contributed by atoms with Crippen LogP contribution in [0.2, 0.25) is 0 Å². The Morgan fingerprint density at radius 3 is 2.45 bits per heavy atom. The highest BCUT2D eigenvalue weighted by Gasteiger charge is 2.26. The zero-order chi connectivity index (χ0) is 22.0. The van der Waals surface area contributed by atoms with E-state index in [4.69, 9.17) is 9.84 Å². The van der Waals surface area contributed by atoms with Gasteiger partial charge in [0.15, 0.2) is 0 Å². The van der Waals surface area contributed by atoms with Gasteiger partial charge >= 0.3 is 11.9 Å². The van der Waals surface area contributed by atoms with E-state index in [-0.39, 0.29) is 17.6 Å².